The van der Waals surface area contributed by atoms with Crippen molar-refractivity contribution in [1.29, 1.82) is 0 Å². The fourth-order valence-electron chi connectivity index (χ4n) is 4.25. The molecule has 0 spiro atoms. The van der Waals surface area contributed by atoms with Gasteiger partial charge in [0, 0.05) is 0 Å². The monoisotopic (exact) mass is 490 g/mol. The summed E-state index contributed by atoms with van der Waals surface area (Å²) in [6, 6.07) is 27.4. The van der Waals surface area contributed by atoms with Gasteiger partial charge < -0.3 is 28.8 Å². The average Bonchev–Trinajstić information content (AvgIpc) is 3.25. The SMILES string of the molecule is C=C[C@@H](OCc1ccc(OC)cc1)[C@@H]1OC[C@@](O)(COCc2ccccc2)[C@H]1OCc1ccccc1. The van der Waals surface area contributed by atoms with Crippen LogP contribution in [-0.2, 0) is 38.8 Å². The zero-order valence-electron chi connectivity index (χ0n) is 20.6. The minimum Gasteiger partial charge on any atom is -0.497 e. The highest BCUT2D eigenvalue weighted by Gasteiger charge is 2.52. The summed E-state index contributed by atoms with van der Waals surface area (Å²) in [5.74, 6) is 0.785. The van der Waals surface area contributed by atoms with Crippen LogP contribution in [0, 0.1) is 0 Å². The van der Waals surface area contributed by atoms with Gasteiger partial charge in [0.15, 0.2) is 0 Å². The molecule has 1 fully saturated rings. The summed E-state index contributed by atoms with van der Waals surface area (Å²) in [6.07, 6.45) is -0.0120. The lowest BCUT2D eigenvalue weighted by Crippen LogP contribution is -2.51. The quantitative estimate of drug-likeness (QED) is 0.351. The van der Waals surface area contributed by atoms with Crippen LogP contribution >= 0.6 is 0 Å². The van der Waals surface area contributed by atoms with Crippen molar-refractivity contribution in [2.24, 2.45) is 0 Å². The van der Waals surface area contributed by atoms with Gasteiger partial charge in [0.05, 0.1) is 40.1 Å². The molecule has 0 aromatic heterocycles. The molecule has 1 N–H and O–H groups in total. The summed E-state index contributed by atoms with van der Waals surface area (Å²) in [7, 11) is 1.64. The molecular formula is C30H34O6. The van der Waals surface area contributed by atoms with Crippen molar-refractivity contribution >= 4 is 0 Å². The Morgan fingerprint density at radius 3 is 2.14 bits per heavy atom. The van der Waals surface area contributed by atoms with Gasteiger partial charge in [-0.3, -0.25) is 0 Å². The largest absolute Gasteiger partial charge is 0.497 e. The molecule has 190 valence electrons. The number of rotatable bonds is 13. The number of methoxy groups -OCH3 is 1. The van der Waals surface area contributed by atoms with E-state index in [1.807, 2.05) is 84.9 Å². The Kier molecular flexibility index (Phi) is 9.28. The fourth-order valence-corrected chi connectivity index (χ4v) is 4.25. The number of hydrogen-bond acceptors (Lipinski definition) is 6. The molecule has 36 heavy (non-hydrogen) atoms. The van der Waals surface area contributed by atoms with E-state index in [4.69, 9.17) is 23.7 Å². The van der Waals surface area contributed by atoms with E-state index in [0.717, 1.165) is 22.4 Å². The Morgan fingerprint density at radius 1 is 0.917 bits per heavy atom. The molecule has 1 aliphatic heterocycles. The number of ether oxygens (including phenoxy) is 5. The van der Waals surface area contributed by atoms with Crippen LogP contribution in [0.2, 0.25) is 0 Å². The molecule has 0 bridgehead atoms. The van der Waals surface area contributed by atoms with Crippen LogP contribution in [0.3, 0.4) is 0 Å². The summed E-state index contributed by atoms with van der Waals surface area (Å²) in [4.78, 5) is 0. The maximum Gasteiger partial charge on any atom is 0.140 e. The Bertz CT molecular complexity index is 1060. The molecule has 1 aliphatic rings. The molecule has 3 aromatic carbocycles. The standard InChI is InChI=1S/C30H34O6/c1-3-27(34-19-25-14-16-26(32-2)17-15-25)28-29(35-20-24-12-8-5-9-13-24)30(31,22-36-28)21-33-18-23-10-6-4-7-11-23/h3-17,27-29,31H,1,18-22H2,2H3/t27-,28+,29+,30+/m1/s1. The van der Waals surface area contributed by atoms with Crippen molar-refractivity contribution in [3.63, 3.8) is 0 Å². The van der Waals surface area contributed by atoms with E-state index >= 15 is 0 Å². The summed E-state index contributed by atoms with van der Waals surface area (Å²) in [5.41, 5.74) is 1.69. The Labute approximate surface area is 213 Å². The smallest absolute Gasteiger partial charge is 0.140 e. The van der Waals surface area contributed by atoms with Gasteiger partial charge in [-0.15, -0.1) is 6.58 Å². The molecule has 0 unspecified atom stereocenters. The van der Waals surface area contributed by atoms with E-state index in [0.29, 0.717) is 19.8 Å². The topological polar surface area (TPSA) is 66.4 Å². The number of hydrogen-bond donors (Lipinski definition) is 1. The number of benzene rings is 3. The van der Waals surface area contributed by atoms with E-state index < -0.39 is 23.9 Å². The predicted octanol–water partition coefficient (Wildman–Crippen LogP) is 4.70. The number of aliphatic hydroxyl groups is 1. The Balaban J connectivity index is 1.44. The highest BCUT2D eigenvalue weighted by atomic mass is 16.6. The molecule has 0 aliphatic carbocycles. The summed E-state index contributed by atoms with van der Waals surface area (Å²) < 4.78 is 29.7. The fraction of sp³-hybridized carbons (Fsp3) is 0.333. The second kappa shape index (κ2) is 12.8. The Morgan fingerprint density at radius 2 is 1.53 bits per heavy atom. The molecule has 6 nitrogen and oxygen atoms in total. The van der Waals surface area contributed by atoms with Gasteiger partial charge in [0.25, 0.3) is 0 Å². The van der Waals surface area contributed by atoms with Crippen molar-refractivity contribution < 1.29 is 28.8 Å². The lowest BCUT2D eigenvalue weighted by Gasteiger charge is -2.32. The van der Waals surface area contributed by atoms with Crippen molar-refractivity contribution in [2.45, 2.75) is 43.7 Å². The van der Waals surface area contributed by atoms with Crippen LogP contribution in [-0.4, -0.2) is 49.3 Å². The average molecular weight is 491 g/mol. The minimum absolute atomic E-state index is 0.0696. The first-order valence-corrected chi connectivity index (χ1v) is 12.1. The van der Waals surface area contributed by atoms with E-state index in [2.05, 4.69) is 6.58 Å². The van der Waals surface area contributed by atoms with Gasteiger partial charge >= 0.3 is 0 Å². The summed E-state index contributed by atoms with van der Waals surface area (Å²) in [6.45, 7) is 5.17. The summed E-state index contributed by atoms with van der Waals surface area (Å²) >= 11 is 0. The molecular weight excluding hydrogens is 456 g/mol. The predicted molar refractivity (Wildman–Crippen MR) is 138 cm³/mol. The van der Waals surface area contributed by atoms with E-state index in [-0.39, 0.29) is 13.2 Å². The molecule has 0 saturated carbocycles. The first-order chi connectivity index (χ1) is 17.6. The molecule has 4 atom stereocenters. The van der Waals surface area contributed by atoms with E-state index in [1.54, 1.807) is 13.2 Å². The lowest BCUT2D eigenvalue weighted by atomic mass is 9.94. The maximum absolute atomic E-state index is 11.6. The Hall–Kier alpha value is -3.00. The third kappa shape index (κ3) is 6.81. The third-order valence-electron chi connectivity index (χ3n) is 6.25. The molecule has 3 aromatic rings. The normalized spacial score (nSPS) is 22.3. The van der Waals surface area contributed by atoms with Crippen LogP contribution in [0.5, 0.6) is 5.75 Å². The zero-order chi connectivity index (χ0) is 25.2. The van der Waals surface area contributed by atoms with E-state index in [9.17, 15) is 5.11 Å². The first-order valence-electron chi connectivity index (χ1n) is 12.1. The van der Waals surface area contributed by atoms with Gasteiger partial charge in [-0.25, -0.2) is 0 Å². The van der Waals surface area contributed by atoms with Crippen LogP contribution in [0.1, 0.15) is 16.7 Å². The zero-order valence-corrected chi connectivity index (χ0v) is 20.6. The van der Waals surface area contributed by atoms with Crippen molar-refractivity contribution in [3.8, 4) is 5.75 Å². The molecule has 0 amide bonds. The minimum atomic E-state index is -1.33. The molecule has 0 radical (unpaired) electrons. The molecule has 4 rings (SSSR count). The van der Waals surface area contributed by atoms with Gasteiger partial charge in [-0.1, -0.05) is 78.9 Å². The van der Waals surface area contributed by atoms with E-state index in [1.165, 1.54) is 0 Å². The second-order valence-electron chi connectivity index (χ2n) is 8.93. The van der Waals surface area contributed by atoms with Crippen LogP contribution in [0.4, 0.5) is 0 Å². The van der Waals surface area contributed by atoms with Gasteiger partial charge in [-0.05, 0) is 28.8 Å². The van der Waals surface area contributed by atoms with Crippen LogP contribution in [0.15, 0.2) is 97.6 Å². The highest BCUT2D eigenvalue weighted by molar-refractivity contribution is 5.26. The van der Waals surface area contributed by atoms with Gasteiger partial charge in [0.1, 0.15) is 29.7 Å². The van der Waals surface area contributed by atoms with Gasteiger partial charge in [0.2, 0.25) is 0 Å². The van der Waals surface area contributed by atoms with Crippen molar-refractivity contribution in [1.82, 2.24) is 0 Å². The summed E-state index contributed by atoms with van der Waals surface area (Å²) in [5, 5.41) is 11.6. The second-order valence-corrected chi connectivity index (χ2v) is 8.93. The lowest BCUT2D eigenvalue weighted by molar-refractivity contribution is -0.142. The van der Waals surface area contributed by atoms with Crippen LogP contribution < -0.4 is 4.74 Å². The van der Waals surface area contributed by atoms with Crippen molar-refractivity contribution in [2.75, 3.05) is 20.3 Å². The van der Waals surface area contributed by atoms with Gasteiger partial charge in [-0.2, -0.15) is 0 Å². The first kappa shape index (κ1) is 26.1. The highest BCUT2D eigenvalue weighted by Crippen LogP contribution is 2.33. The third-order valence-corrected chi connectivity index (χ3v) is 6.25. The molecule has 6 heteroatoms. The van der Waals surface area contributed by atoms with Crippen LogP contribution in [0.25, 0.3) is 0 Å². The molecule has 1 saturated heterocycles. The molecule has 1 heterocycles. The maximum atomic E-state index is 11.6. The van der Waals surface area contributed by atoms with Crippen molar-refractivity contribution in [3.05, 3.63) is 114 Å².